The first-order valence-corrected chi connectivity index (χ1v) is 18.6. The van der Waals surface area contributed by atoms with Crippen molar-refractivity contribution < 1.29 is 18.4 Å². The van der Waals surface area contributed by atoms with Gasteiger partial charge in [-0.1, -0.05) is 0 Å². The van der Waals surface area contributed by atoms with Crippen LogP contribution in [0.25, 0.3) is 10.4 Å². The Kier molecular flexibility index (Phi) is 9.29. The van der Waals surface area contributed by atoms with Crippen LogP contribution in [0.1, 0.15) is 48.5 Å². The van der Waals surface area contributed by atoms with Gasteiger partial charge in [0.15, 0.2) is 0 Å². The first-order valence-electron chi connectivity index (χ1n) is 10.6. The molecule has 0 aliphatic carbocycles. The number of carbonyl (C=O) groups excluding carboxylic acids is 1. The number of hydrogen-bond acceptors (Lipinski definition) is 5. The molecule has 7 nitrogen and oxygen atoms in total. The molecule has 0 aromatic rings. The van der Waals surface area contributed by atoms with Crippen molar-refractivity contribution in [3.63, 3.8) is 0 Å². The Labute approximate surface area is 191 Å². The van der Waals surface area contributed by atoms with E-state index in [1.54, 1.807) is 0 Å². The second kappa shape index (κ2) is 10.1. The van der Waals surface area contributed by atoms with Crippen molar-refractivity contribution in [2.75, 3.05) is 6.61 Å². The molecule has 1 aliphatic rings. The molecule has 1 rings (SSSR count). The van der Waals surface area contributed by atoms with Gasteiger partial charge >= 0.3 is 191 Å². The minimum atomic E-state index is -2.15. The first kappa shape index (κ1) is 27.7. The van der Waals surface area contributed by atoms with Crippen molar-refractivity contribution in [1.82, 2.24) is 0 Å². The average molecular weight is 523 g/mol. The molecule has 0 unspecified atom stereocenters. The summed E-state index contributed by atoms with van der Waals surface area (Å²) in [6, 6.07) is -0.391. The van der Waals surface area contributed by atoms with Crippen LogP contribution < -0.4 is 0 Å². The van der Waals surface area contributed by atoms with E-state index in [2.05, 4.69) is 77.8 Å². The summed E-state index contributed by atoms with van der Waals surface area (Å²) >= 11 is 0.158. The van der Waals surface area contributed by atoms with Crippen molar-refractivity contribution in [2.24, 2.45) is 5.11 Å². The van der Waals surface area contributed by atoms with Crippen molar-refractivity contribution in [2.45, 2.75) is 113 Å². The van der Waals surface area contributed by atoms with Crippen LogP contribution in [-0.2, 0) is 18.4 Å². The van der Waals surface area contributed by atoms with E-state index < -0.39 is 28.8 Å². The summed E-state index contributed by atoms with van der Waals surface area (Å²) in [5.41, 5.74) is 9.06. The van der Waals surface area contributed by atoms with Crippen molar-refractivity contribution >= 4 is 37.6 Å². The predicted octanol–water partition coefficient (Wildman–Crippen LogP) is 5.93. The summed E-state index contributed by atoms with van der Waals surface area (Å²) in [4.78, 5) is 15.1. The van der Waals surface area contributed by atoms with E-state index in [-0.39, 0.29) is 41.9 Å². The maximum absolute atomic E-state index is 11.9. The fourth-order valence-electron chi connectivity index (χ4n) is 2.65. The van der Waals surface area contributed by atoms with E-state index in [0.717, 1.165) is 5.32 Å². The zero-order chi connectivity index (χ0) is 23.5. The Morgan fingerprint density at radius 3 is 2.03 bits per heavy atom. The molecule has 4 atom stereocenters. The van der Waals surface area contributed by atoms with Crippen LogP contribution in [0, 0.1) is 0 Å². The van der Waals surface area contributed by atoms with Crippen LogP contribution in [0.15, 0.2) is 5.11 Å². The minimum absolute atomic E-state index is 0.0110. The van der Waals surface area contributed by atoms with Gasteiger partial charge in [0.05, 0.1) is 0 Å². The SMILES string of the molecule is CC(=O)O[C@@H]1[C@@H](O[Si](C)(C)C(C)(C)C)[C@@H](CO[Si](C)(C)C(C)(C)C)[Se]C[C@H]1N=[N+]=[N-]. The number of nitrogens with zero attached hydrogens (tertiary/aromatic N) is 3. The Balaban J connectivity index is 3.26. The summed E-state index contributed by atoms with van der Waals surface area (Å²) in [6.07, 6.45) is -0.889. The molecule has 0 amide bonds. The van der Waals surface area contributed by atoms with E-state index in [1.165, 1.54) is 6.92 Å². The Bertz CT molecular complexity index is 655. The van der Waals surface area contributed by atoms with Gasteiger partial charge < -0.3 is 0 Å². The van der Waals surface area contributed by atoms with Gasteiger partial charge in [-0.15, -0.1) is 0 Å². The van der Waals surface area contributed by atoms with Crippen LogP contribution in [0.2, 0.25) is 46.4 Å². The molecular formula is C20H41N3O4SeSi2. The topological polar surface area (TPSA) is 93.5 Å². The Morgan fingerprint density at radius 1 is 1.07 bits per heavy atom. The molecule has 1 heterocycles. The Hall–Kier alpha value is -0.347. The van der Waals surface area contributed by atoms with Crippen molar-refractivity contribution in [1.29, 1.82) is 0 Å². The van der Waals surface area contributed by atoms with Gasteiger partial charge in [-0.2, -0.15) is 0 Å². The molecule has 0 aromatic heterocycles. The molecule has 1 aliphatic heterocycles. The average Bonchev–Trinajstić information content (AvgIpc) is 2.54. The first-order chi connectivity index (χ1) is 13.4. The van der Waals surface area contributed by atoms with Crippen molar-refractivity contribution in [3.05, 3.63) is 10.4 Å². The quantitative estimate of drug-likeness (QED) is 0.136. The summed E-state index contributed by atoms with van der Waals surface area (Å²) in [5.74, 6) is -0.375. The third kappa shape index (κ3) is 7.09. The van der Waals surface area contributed by atoms with E-state index in [0.29, 0.717) is 6.61 Å². The standard InChI is InChI=1S/C20H41N3O4SeSi2/c1-14(24)26-17-15(22-23-21)13-28-16(12-25-29(8,9)19(2,3)4)18(17)27-30(10,11)20(5,6)7/h15-18H,12-13H2,1-11H3/t15-,16-,17+,18+/m1/s1. The van der Waals surface area contributed by atoms with E-state index >= 15 is 0 Å². The van der Waals surface area contributed by atoms with E-state index in [4.69, 9.17) is 19.1 Å². The van der Waals surface area contributed by atoms with Gasteiger partial charge in [-0.3, -0.25) is 0 Å². The summed E-state index contributed by atoms with van der Waals surface area (Å²) in [5, 5.41) is 4.81. The molecule has 10 heteroatoms. The molecule has 0 aromatic carbocycles. The second-order valence-corrected chi connectivity index (χ2v) is 23.4. The van der Waals surface area contributed by atoms with E-state index in [1.807, 2.05) is 0 Å². The number of esters is 1. The van der Waals surface area contributed by atoms with Gasteiger partial charge in [-0.25, -0.2) is 0 Å². The third-order valence-electron chi connectivity index (χ3n) is 6.70. The molecular weight excluding hydrogens is 481 g/mol. The van der Waals surface area contributed by atoms with Crippen LogP contribution in [0.4, 0.5) is 0 Å². The fraction of sp³-hybridized carbons (Fsp3) is 0.950. The monoisotopic (exact) mass is 523 g/mol. The fourth-order valence-corrected chi connectivity index (χ4v) is 8.16. The van der Waals surface area contributed by atoms with Gasteiger partial charge in [0, 0.05) is 0 Å². The molecule has 0 spiro atoms. The predicted molar refractivity (Wildman–Crippen MR) is 128 cm³/mol. The number of azide groups is 1. The second-order valence-electron chi connectivity index (χ2n) is 11.1. The number of ether oxygens (including phenoxy) is 1. The van der Waals surface area contributed by atoms with Crippen LogP contribution in [0.5, 0.6) is 0 Å². The van der Waals surface area contributed by atoms with Gasteiger partial charge in [0.25, 0.3) is 0 Å². The Morgan fingerprint density at radius 2 is 1.60 bits per heavy atom. The molecule has 0 radical (unpaired) electrons. The molecule has 30 heavy (non-hydrogen) atoms. The molecule has 174 valence electrons. The van der Waals surface area contributed by atoms with E-state index in [9.17, 15) is 4.79 Å². The molecule has 1 fully saturated rings. The molecule has 1 saturated heterocycles. The molecule has 0 N–H and O–H groups in total. The third-order valence-corrected chi connectivity index (χ3v) is 18.5. The maximum atomic E-state index is 11.9. The number of rotatable bonds is 7. The summed E-state index contributed by atoms with van der Waals surface area (Å²) < 4.78 is 19.1. The van der Waals surface area contributed by atoms with Crippen LogP contribution in [-0.4, -0.2) is 62.4 Å². The zero-order valence-electron chi connectivity index (χ0n) is 20.6. The van der Waals surface area contributed by atoms with Crippen LogP contribution >= 0.6 is 0 Å². The zero-order valence-corrected chi connectivity index (χ0v) is 24.3. The summed E-state index contributed by atoms with van der Waals surface area (Å²) in [7, 11) is -4.08. The molecule has 0 saturated carbocycles. The van der Waals surface area contributed by atoms with Gasteiger partial charge in [-0.05, 0) is 0 Å². The number of hydrogen-bond donors (Lipinski definition) is 0. The summed E-state index contributed by atoms with van der Waals surface area (Å²) in [6.45, 7) is 24.2. The normalized spacial score (nSPS) is 26.1. The van der Waals surface area contributed by atoms with Crippen molar-refractivity contribution in [3.8, 4) is 0 Å². The van der Waals surface area contributed by atoms with Crippen LogP contribution in [0.3, 0.4) is 0 Å². The number of carbonyl (C=O) groups is 1. The van der Waals surface area contributed by atoms with Gasteiger partial charge in [0.1, 0.15) is 0 Å². The van der Waals surface area contributed by atoms with Gasteiger partial charge in [0.2, 0.25) is 0 Å². The molecule has 0 bridgehead atoms.